The summed E-state index contributed by atoms with van der Waals surface area (Å²) in [5.74, 6) is -1.13. The molecule has 0 unspecified atom stereocenters. The number of rotatable bonds is 2. The number of alkyl carbamates (subject to hydrolysis) is 1. The zero-order valence-electron chi connectivity index (χ0n) is 10.1. The van der Waals surface area contributed by atoms with Gasteiger partial charge in [-0.25, -0.2) is 9.18 Å². The van der Waals surface area contributed by atoms with Gasteiger partial charge in [0.25, 0.3) is 0 Å². The lowest BCUT2D eigenvalue weighted by Crippen LogP contribution is -2.32. The standard InChI is InChI=1S/C12H16FNO3/c1-12(2,3)17-11(16)14-7-8-4-5-9(13)10(15)6-8/h4-6,15H,7H2,1-3H3,(H,14,16). The van der Waals surface area contributed by atoms with Crippen molar-refractivity contribution in [3.8, 4) is 5.75 Å². The van der Waals surface area contributed by atoms with Crippen molar-refractivity contribution < 1.29 is 19.0 Å². The molecule has 0 aromatic heterocycles. The number of carbonyl (C=O) groups is 1. The minimum absolute atomic E-state index is 0.169. The van der Waals surface area contributed by atoms with E-state index in [1.165, 1.54) is 12.1 Å². The number of phenolic OH excluding ortho intramolecular Hbond substituents is 1. The maximum absolute atomic E-state index is 12.8. The second-order valence-corrected chi connectivity index (χ2v) is 4.64. The lowest BCUT2D eigenvalue weighted by molar-refractivity contribution is 0.0523. The summed E-state index contributed by atoms with van der Waals surface area (Å²) in [5.41, 5.74) is 0.0319. The summed E-state index contributed by atoms with van der Waals surface area (Å²) in [4.78, 5) is 11.3. The van der Waals surface area contributed by atoms with Crippen LogP contribution in [-0.4, -0.2) is 16.8 Å². The van der Waals surface area contributed by atoms with Crippen LogP contribution in [0, 0.1) is 5.82 Å². The first-order valence-corrected chi connectivity index (χ1v) is 5.22. The molecule has 1 aromatic rings. The Bertz CT molecular complexity index is 413. The molecule has 0 heterocycles. The molecule has 4 nitrogen and oxygen atoms in total. The highest BCUT2D eigenvalue weighted by Gasteiger charge is 2.15. The number of halogens is 1. The molecule has 0 fully saturated rings. The molecule has 1 rings (SSSR count). The van der Waals surface area contributed by atoms with E-state index in [9.17, 15) is 9.18 Å². The van der Waals surface area contributed by atoms with Crippen molar-refractivity contribution in [3.05, 3.63) is 29.6 Å². The molecule has 0 bridgehead atoms. The average Bonchev–Trinajstić information content (AvgIpc) is 2.17. The van der Waals surface area contributed by atoms with E-state index in [1.807, 2.05) is 0 Å². The minimum atomic E-state index is -0.689. The van der Waals surface area contributed by atoms with Gasteiger partial charge in [0, 0.05) is 6.54 Å². The molecule has 1 aromatic carbocycles. The molecule has 5 heteroatoms. The zero-order chi connectivity index (χ0) is 13.1. The SMILES string of the molecule is CC(C)(C)OC(=O)NCc1ccc(F)c(O)c1. The molecule has 0 aliphatic rings. The van der Waals surface area contributed by atoms with Crippen molar-refractivity contribution in [1.29, 1.82) is 0 Å². The van der Waals surface area contributed by atoms with Crippen molar-refractivity contribution in [1.82, 2.24) is 5.32 Å². The van der Waals surface area contributed by atoms with Gasteiger partial charge >= 0.3 is 6.09 Å². The van der Waals surface area contributed by atoms with Crippen molar-refractivity contribution in [3.63, 3.8) is 0 Å². The number of hydrogen-bond acceptors (Lipinski definition) is 3. The summed E-state index contributed by atoms with van der Waals surface area (Å²) in [6.07, 6.45) is -0.554. The van der Waals surface area contributed by atoms with Gasteiger partial charge in [0.15, 0.2) is 11.6 Å². The highest BCUT2D eigenvalue weighted by molar-refractivity contribution is 5.67. The van der Waals surface area contributed by atoms with Crippen LogP contribution >= 0.6 is 0 Å². The highest BCUT2D eigenvalue weighted by Crippen LogP contribution is 2.16. The number of hydrogen-bond donors (Lipinski definition) is 2. The van der Waals surface area contributed by atoms with Crippen molar-refractivity contribution in [2.75, 3.05) is 0 Å². The first-order chi connectivity index (χ1) is 7.78. The Hall–Kier alpha value is -1.78. The van der Waals surface area contributed by atoms with Crippen LogP contribution in [0.2, 0.25) is 0 Å². The summed E-state index contributed by atoms with van der Waals surface area (Å²) in [6, 6.07) is 3.88. The third-order valence-electron chi connectivity index (χ3n) is 1.85. The van der Waals surface area contributed by atoms with Crippen LogP contribution in [0.3, 0.4) is 0 Å². The monoisotopic (exact) mass is 241 g/mol. The Balaban J connectivity index is 2.50. The molecule has 0 saturated carbocycles. The van der Waals surface area contributed by atoms with Crippen molar-refractivity contribution in [2.24, 2.45) is 0 Å². The molecule has 0 saturated heterocycles. The van der Waals surface area contributed by atoms with Gasteiger partial charge in [-0.1, -0.05) is 6.07 Å². The molecule has 0 aliphatic carbocycles. The Morgan fingerprint density at radius 1 is 1.47 bits per heavy atom. The first kappa shape index (κ1) is 13.3. The van der Waals surface area contributed by atoms with Gasteiger partial charge in [0.1, 0.15) is 5.60 Å². The number of amides is 1. The number of carbonyl (C=O) groups excluding carboxylic acids is 1. The molecule has 0 aliphatic heterocycles. The van der Waals surface area contributed by atoms with Crippen LogP contribution < -0.4 is 5.32 Å². The van der Waals surface area contributed by atoms with Gasteiger partial charge in [-0.3, -0.25) is 0 Å². The largest absolute Gasteiger partial charge is 0.505 e. The van der Waals surface area contributed by atoms with E-state index in [4.69, 9.17) is 9.84 Å². The van der Waals surface area contributed by atoms with Crippen LogP contribution in [0.1, 0.15) is 26.3 Å². The maximum atomic E-state index is 12.8. The molecule has 17 heavy (non-hydrogen) atoms. The normalized spacial score (nSPS) is 11.1. The Labute approximate surface area is 99.4 Å². The van der Waals surface area contributed by atoms with Gasteiger partial charge in [-0.05, 0) is 38.5 Å². The van der Waals surface area contributed by atoms with Crippen LogP contribution in [0.15, 0.2) is 18.2 Å². The summed E-state index contributed by atoms with van der Waals surface area (Å²) in [7, 11) is 0. The third-order valence-corrected chi connectivity index (χ3v) is 1.85. The number of phenols is 1. The third kappa shape index (κ3) is 4.72. The van der Waals surface area contributed by atoms with E-state index >= 15 is 0 Å². The molecule has 1 amide bonds. The zero-order valence-corrected chi connectivity index (χ0v) is 10.1. The number of aromatic hydroxyl groups is 1. The summed E-state index contributed by atoms with van der Waals surface area (Å²) < 4.78 is 17.8. The summed E-state index contributed by atoms with van der Waals surface area (Å²) >= 11 is 0. The summed E-state index contributed by atoms with van der Waals surface area (Å²) in [6.45, 7) is 5.45. The fourth-order valence-electron chi connectivity index (χ4n) is 1.16. The molecular weight excluding hydrogens is 225 g/mol. The number of nitrogens with one attached hydrogen (secondary N) is 1. The van der Waals surface area contributed by atoms with E-state index in [0.29, 0.717) is 5.56 Å². The van der Waals surface area contributed by atoms with E-state index in [0.717, 1.165) is 6.07 Å². The molecule has 0 radical (unpaired) electrons. The summed E-state index contributed by atoms with van der Waals surface area (Å²) in [5, 5.41) is 11.6. The van der Waals surface area contributed by atoms with Crippen molar-refractivity contribution in [2.45, 2.75) is 32.9 Å². The van der Waals surface area contributed by atoms with Gasteiger partial charge < -0.3 is 15.2 Å². The average molecular weight is 241 g/mol. The second-order valence-electron chi connectivity index (χ2n) is 4.64. The number of ether oxygens (including phenoxy) is 1. The van der Waals surface area contributed by atoms with E-state index in [1.54, 1.807) is 20.8 Å². The van der Waals surface area contributed by atoms with E-state index in [2.05, 4.69) is 5.32 Å². The fourth-order valence-corrected chi connectivity index (χ4v) is 1.16. The smallest absolute Gasteiger partial charge is 0.407 e. The Kier molecular flexibility index (Phi) is 3.93. The topological polar surface area (TPSA) is 58.6 Å². The van der Waals surface area contributed by atoms with Gasteiger partial charge in [-0.15, -0.1) is 0 Å². The quantitative estimate of drug-likeness (QED) is 0.836. The predicted molar refractivity (Wildman–Crippen MR) is 61.1 cm³/mol. The molecular formula is C12H16FNO3. The highest BCUT2D eigenvalue weighted by atomic mass is 19.1. The fraction of sp³-hybridized carbons (Fsp3) is 0.417. The van der Waals surface area contributed by atoms with E-state index < -0.39 is 23.3 Å². The first-order valence-electron chi connectivity index (χ1n) is 5.22. The van der Waals surface area contributed by atoms with E-state index in [-0.39, 0.29) is 6.54 Å². The van der Waals surface area contributed by atoms with Crippen LogP contribution in [0.4, 0.5) is 9.18 Å². The van der Waals surface area contributed by atoms with Gasteiger partial charge in [-0.2, -0.15) is 0 Å². The lowest BCUT2D eigenvalue weighted by atomic mass is 10.2. The Morgan fingerprint density at radius 3 is 2.65 bits per heavy atom. The van der Waals surface area contributed by atoms with Gasteiger partial charge in [0.05, 0.1) is 0 Å². The molecule has 0 atom stereocenters. The second kappa shape index (κ2) is 5.03. The number of benzene rings is 1. The van der Waals surface area contributed by atoms with Crippen molar-refractivity contribution >= 4 is 6.09 Å². The van der Waals surface area contributed by atoms with Crippen LogP contribution in [0.5, 0.6) is 5.75 Å². The maximum Gasteiger partial charge on any atom is 0.407 e. The molecule has 94 valence electrons. The molecule has 2 N–H and O–H groups in total. The van der Waals surface area contributed by atoms with Gasteiger partial charge in [0.2, 0.25) is 0 Å². The minimum Gasteiger partial charge on any atom is -0.505 e. The predicted octanol–water partition coefficient (Wildman–Crippen LogP) is 2.56. The Morgan fingerprint density at radius 2 is 2.12 bits per heavy atom. The van der Waals surface area contributed by atoms with Crippen LogP contribution in [-0.2, 0) is 11.3 Å². The molecule has 0 spiro atoms. The lowest BCUT2D eigenvalue weighted by Gasteiger charge is -2.19. The van der Waals surface area contributed by atoms with Crippen LogP contribution in [0.25, 0.3) is 0 Å².